The van der Waals surface area contributed by atoms with Gasteiger partial charge in [0.2, 0.25) is 5.91 Å². The number of hydrogen-bond acceptors (Lipinski definition) is 3. The Morgan fingerprint density at radius 2 is 1.91 bits per heavy atom. The molecule has 0 spiro atoms. The van der Waals surface area contributed by atoms with Gasteiger partial charge in [-0.1, -0.05) is 35.9 Å². The molecule has 0 radical (unpaired) electrons. The van der Waals surface area contributed by atoms with Crippen LogP contribution >= 0.6 is 11.6 Å². The van der Waals surface area contributed by atoms with E-state index in [4.69, 9.17) is 16.3 Å². The van der Waals surface area contributed by atoms with Crippen molar-refractivity contribution in [3.8, 4) is 5.75 Å². The van der Waals surface area contributed by atoms with Gasteiger partial charge < -0.3 is 10.1 Å². The van der Waals surface area contributed by atoms with Gasteiger partial charge in [0.15, 0.2) is 6.61 Å². The Morgan fingerprint density at radius 3 is 2.70 bits per heavy atom. The van der Waals surface area contributed by atoms with Crippen LogP contribution < -0.4 is 15.0 Å². The highest BCUT2D eigenvalue weighted by atomic mass is 35.5. The van der Waals surface area contributed by atoms with Crippen LogP contribution in [0.2, 0.25) is 5.02 Å². The van der Waals surface area contributed by atoms with Crippen LogP contribution in [0.5, 0.6) is 5.75 Å². The van der Waals surface area contributed by atoms with Crippen LogP contribution in [-0.2, 0) is 9.59 Å². The Kier molecular flexibility index (Phi) is 4.21. The van der Waals surface area contributed by atoms with Crippen LogP contribution in [0.1, 0.15) is 6.92 Å². The van der Waals surface area contributed by atoms with E-state index in [9.17, 15) is 9.59 Å². The summed E-state index contributed by atoms with van der Waals surface area (Å²) in [4.78, 5) is 26.2. The second-order valence-corrected chi connectivity index (χ2v) is 5.57. The Labute approximate surface area is 138 Å². The fourth-order valence-electron chi connectivity index (χ4n) is 2.46. The zero-order valence-electron chi connectivity index (χ0n) is 12.5. The lowest BCUT2D eigenvalue weighted by atomic mass is 10.1. The molecule has 118 valence electrons. The van der Waals surface area contributed by atoms with Crippen LogP contribution in [0, 0.1) is 0 Å². The molecule has 0 aliphatic carbocycles. The first-order valence-electron chi connectivity index (χ1n) is 7.17. The maximum absolute atomic E-state index is 12.5. The molecule has 5 nitrogen and oxygen atoms in total. The maximum atomic E-state index is 12.5. The first-order valence-corrected chi connectivity index (χ1v) is 7.55. The van der Waals surface area contributed by atoms with Crippen molar-refractivity contribution in [2.45, 2.75) is 13.0 Å². The average molecular weight is 331 g/mol. The first kappa shape index (κ1) is 15.4. The van der Waals surface area contributed by atoms with Crippen molar-refractivity contribution < 1.29 is 14.3 Å². The number of hydrogen-bond donors (Lipinski definition) is 1. The lowest BCUT2D eigenvalue weighted by molar-refractivity contribution is -0.125. The van der Waals surface area contributed by atoms with Gasteiger partial charge in [-0.25, -0.2) is 0 Å². The standard InChI is InChI=1S/C17H15ClN2O3/c1-11(17(22)19-13-7-3-2-6-12(13)18)20-14-8-4-5-9-15(14)23-10-16(20)21/h2-9,11H,10H2,1H3,(H,19,22). The average Bonchev–Trinajstić information content (AvgIpc) is 2.56. The molecule has 0 saturated carbocycles. The summed E-state index contributed by atoms with van der Waals surface area (Å²) in [6.45, 7) is 1.59. The van der Waals surface area contributed by atoms with Gasteiger partial charge in [0, 0.05) is 0 Å². The molecule has 2 amide bonds. The molecule has 0 fully saturated rings. The van der Waals surface area contributed by atoms with Crippen molar-refractivity contribution in [2.75, 3.05) is 16.8 Å². The van der Waals surface area contributed by atoms with Crippen molar-refractivity contribution in [3.63, 3.8) is 0 Å². The molecule has 3 rings (SSSR count). The largest absolute Gasteiger partial charge is 0.482 e. The fraction of sp³-hybridized carbons (Fsp3) is 0.176. The summed E-state index contributed by atoms with van der Waals surface area (Å²) in [5.74, 6) is 0.0122. The number of benzene rings is 2. The molecule has 1 aliphatic heterocycles. The number of para-hydroxylation sites is 3. The van der Waals surface area contributed by atoms with Crippen LogP contribution in [0.4, 0.5) is 11.4 Å². The van der Waals surface area contributed by atoms with E-state index >= 15 is 0 Å². The van der Waals surface area contributed by atoms with Crippen molar-refractivity contribution >= 4 is 34.8 Å². The maximum Gasteiger partial charge on any atom is 0.265 e. The number of anilines is 2. The van der Waals surface area contributed by atoms with Crippen molar-refractivity contribution in [2.24, 2.45) is 0 Å². The molecule has 2 aromatic rings. The number of amides is 2. The number of nitrogens with zero attached hydrogens (tertiary/aromatic N) is 1. The number of ether oxygens (including phenoxy) is 1. The van der Waals surface area contributed by atoms with Gasteiger partial charge in [0.25, 0.3) is 5.91 Å². The third-order valence-corrected chi connectivity index (χ3v) is 3.97. The lowest BCUT2D eigenvalue weighted by Crippen LogP contribution is -2.49. The second kappa shape index (κ2) is 6.30. The Balaban J connectivity index is 1.85. The van der Waals surface area contributed by atoms with Crippen molar-refractivity contribution in [3.05, 3.63) is 53.6 Å². The summed E-state index contributed by atoms with van der Waals surface area (Å²) < 4.78 is 5.39. The summed E-state index contributed by atoms with van der Waals surface area (Å²) in [6, 6.07) is 13.4. The first-order chi connectivity index (χ1) is 11.1. The highest BCUT2D eigenvalue weighted by Crippen LogP contribution is 2.33. The van der Waals surface area contributed by atoms with Crippen molar-refractivity contribution in [1.29, 1.82) is 0 Å². The van der Waals surface area contributed by atoms with E-state index < -0.39 is 6.04 Å². The summed E-state index contributed by atoms with van der Waals surface area (Å²) >= 11 is 6.05. The van der Waals surface area contributed by atoms with Gasteiger partial charge in [0.1, 0.15) is 11.8 Å². The van der Waals surface area contributed by atoms with Gasteiger partial charge >= 0.3 is 0 Å². The van der Waals surface area contributed by atoms with Gasteiger partial charge in [-0.05, 0) is 31.2 Å². The normalized spacial score (nSPS) is 14.7. The smallest absolute Gasteiger partial charge is 0.265 e. The molecule has 1 N–H and O–H groups in total. The van der Waals surface area contributed by atoms with Crippen LogP contribution in [0.15, 0.2) is 48.5 Å². The molecule has 6 heteroatoms. The molecular weight excluding hydrogens is 316 g/mol. The molecule has 0 bridgehead atoms. The van der Waals surface area contributed by atoms with Crippen molar-refractivity contribution in [1.82, 2.24) is 0 Å². The van der Waals surface area contributed by atoms with E-state index in [0.717, 1.165) is 0 Å². The summed E-state index contributed by atoms with van der Waals surface area (Å²) in [6.07, 6.45) is 0. The van der Waals surface area contributed by atoms with E-state index in [-0.39, 0.29) is 18.4 Å². The molecule has 2 aromatic carbocycles. The van der Waals surface area contributed by atoms with E-state index in [2.05, 4.69) is 5.32 Å². The quantitative estimate of drug-likeness (QED) is 0.940. The minimum absolute atomic E-state index is 0.0826. The summed E-state index contributed by atoms with van der Waals surface area (Å²) in [5.41, 5.74) is 1.10. The Hall–Kier alpha value is -2.53. The SMILES string of the molecule is CC(C(=O)Nc1ccccc1Cl)N1C(=O)COc2ccccc21. The number of rotatable bonds is 3. The Bertz CT molecular complexity index is 763. The Morgan fingerprint density at radius 1 is 1.22 bits per heavy atom. The minimum atomic E-state index is -0.691. The highest BCUT2D eigenvalue weighted by molar-refractivity contribution is 6.33. The van der Waals surface area contributed by atoms with Gasteiger partial charge in [-0.15, -0.1) is 0 Å². The van der Waals surface area contributed by atoms with Gasteiger partial charge in [0.05, 0.1) is 16.4 Å². The predicted octanol–water partition coefficient (Wildman–Crippen LogP) is 3.09. The highest BCUT2D eigenvalue weighted by Gasteiger charge is 2.32. The molecule has 1 atom stereocenters. The molecule has 0 saturated heterocycles. The van der Waals surface area contributed by atoms with Crippen LogP contribution in [0.25, 0.3) is 0 Å². The molecule has 0 aromatic heterocycles. The van der Waals surface area contributed by atoms with E-state index in [0.29, 0.717) is 22.1 Å². The topological polar surface area (TPSA) is 58.6 Å². The summed E-state index contributed by atoms with van der Waals surface area (Å²) in [5, 5.41) is 3.20. The minimum Gasteiger partial charge on any atom is -0.482 e. The van der Waals surface area contributed by atoms with E-state index in [1.165, 1.54) is 4.90 Å². The number of fused-ring (bicyclic) bond motifs is 1. The lowest BCUT2D eigenvalue weighted by Gasteiger charge is -2.33. The fourth-order valence-corrected chi connectivity index (χ4v) is 2.65. The third kappa shape index (κ3) is 3.00. The second-order valence-electron chi connectivity index (χ2n) is 5.17. The molecule has 1 aliphatic rings. The van der Waals surface area contributed by atoms with E-state index in [1.54, 1.807) is 49.4 Å². The number of nitrogens with one attached hydrogen (secondary N) is 1. The number of carbonyl (C=O) groups excluding carboxylic acids is 2. The third-order valence-electron chi connectivity index (χ3n) is 3.64. The monoisotopic (exact) mass is 330 g/mol. The molecule has 23 heavy (non-hydrogen) atoms. The van der Waals surface area contributed by atoms with Crippen LogP contribution in [0.3, 0.4) is 0 Å². The number of carbonyl (C=O) groups is 2. The zero-order chi connectivity index (χ0) is 16.4. The molecular formula is C17H15ClN2O3. The number of halogens is 1. The van der Waals surface area contributed by atoms with Crippen LogP contribution in [-0.4, -0.2) is 24.5 Å². The van der Waals surface area contributed by atoms with Gasteiger partial charge in [-0.2, -0.15) is 0 Å². The predicted molar refractivity (Wildman–Crippen MR) is 89.0 cm³/mol. The zero-order valence-corrected chi connectivity index (χ0v) is 13.2. The summed E-state index contributed by atoms with van der Waals surface area (Å²) in [7, 11) is 0. The molecule has 1 unspecified atom stereocenters. The van der Waals surface area contributed by atoms with E-state index in [1.807, 2.05) is 6.07 Å². The van der Waals surface area contributed by atoms with Gasteiger partial charge in [-0.3, -0.25) is 14.5 Å². The molecule has 1 heterocycles.